The van der Waals surface area contributed by atoms with Crippen LogP contribution in [-0.2, 0) is 114 Å². The molecule has 9 rings (SSSR count). The van der Waals surface area contributed by atoms with Gasteiger partial charge in [-0.2, -0.15) is 0 Å². The summed E-state index contributed by atoms with van der Waals surface area (Å²) < 4.78 is 45.1. The number of hydrogen-bond donors (Lipinski definition) is 17. The number of likely N-dealkylation sites (N-methyl/N-ethyl adjacent to an activating group) is 3. The molecule has 39 nitrogen and oxygen atoms in total. The summed E-state index contributed by atoms with van der Waals surface area (Å²) in [7, 11) is 3.53. The smallest absolute Gasteiger partial charge is 0.305 e. The Morgan fingerprint density at radius 2 is 1.02 bits per heavy atom. The van der Waals surface area contributed by atoms with Crippen molar-refractivity contribution in [3.8, 4) is 5.75 Å². The summed E-state index contributed by atoms with van der Waals surface area (Å²) in [5, 5.41) is 77.1. The van der Waals surface area contributed by atoms with Crippen molar-refractivity contribution in [3.63, 3.8) is 0 Å². The van der Waals surface area contributed by atoms with Gasteiger partial charge in [-0.3, -0.25) is 81.5 Å². The summed E-state index contributed by atoms with van der Waals surface area (Å²) in [5.41, 5.74) is 13.1. The number of nitrogens with one attached hydrogen (secondary N) is 10. The Balaban J connectivity index is 1.14. The van der Waals surface area contributed by atoms with Crippen LogP contribution in [0.25, 0.3) is 10.9 Å². The molecule has 43 heteroatoms. The second-order valence-corrected chi connectivity index (χ2v) is 35.1. The second-order valence-electron chi connectivity index (χ2n) is 34.1. The van der Waals surface area contributed by atoms with Crippen molar-refractivity contribution < 1.29 is 120 Å². The van der Waals surface area contributed by atoms with Crippen LogP contribution in [0.2, 0.25) is 0 Å². The lowest BCUT2D eigenvalue weighted by Crippen LogP contribution is -2.62. The molecule has 0 unspecified atom stereocenters. The second kappa shape index (κ2) is 49.4. The van der Waals surface area contributed by atoms with Crippen LogP contribution in [0, 0.1) is 23.4 Å². The number of halogens is 3. The number of thioether (sulfide) groups is 1. The van der Waals surface area contributed by atoms with Gasteiger partial charge in [0, 0.05) is 108 Å². The number of nitrogens with two attached hydrogens (primary N) is 2. The molecule has 3 aliphatic rings. The lowest BCUT2D eigenvalue weighted by atomic mass is 9.98. The van der Waals surface area contributed by atoms with Gasteiger partial charge in [0.05, 0.1) is 30.9 Å². The van der Waals surface area contributed by atoms with Gasteiger partial charge in [-0.1, -0.05) is 125 Å². The van der Waals surface area contributed by atoms with Gasteiger partial charge in [0.2, 0.25) is 88.6 Å². The minimum Gasteiger partial charge on any atom is -0.508 e. The Morgan fingerprint density at radius 3 is 1.60 bits per heavy atom. The number of hydrogen-bond acceptors (Lipinski definition) is 22. The summed E-state index contributed by atoms with van der Waals surface area (Å²) in [6, 6.07) is 6.49. The Morgan fingerprint density at radius 1 is 0.511 bits per heavy atom. The van der Waals surface area contributed by atoms with Gasteiger partial charge >= 0.3 is 11.9 Å². The highest BCUT2D eigenvalue weighted by Gasteiger charge is 2.48. The topological polar surface area (TPSA) is 584 Å². The van der Waals surface area contributed by atoms with Gasteiger partial charge in [-0.25, -0.2) is 13.2 Å². The van der Waals surface area contributed by atoms with Crippen LogP contribution in [0.4, 0.5) is 13.2 Å². The van der Waals surface area contributed by atoms with Crippen molar-refractivity contribution in [2.24, 2.45) is 17.4 Å². The van der Waals surface area contributed by atoms with E-state index in [2.05, 4.69) is 52.8 Å². The van der Waals surface area contributed by atoms with Gasteiger partial charge in [0.25, 0.3) is 0 Å². The Bertz CT molecular complexity index is 5260. The number of carbonyl (C=O) groups is 17. The fourth-order valence-corrected chi connectivity index (χ4v) is 17.2. The number of para-hydroxylation sites is 1. The van der Waals surface area contributed by atoms with Gasteiger partial charge in [-0.05, 0) is 96.3 Å². The molecule has 728 valence electrons. The van der Waals surface area contributed by atoms with Gasteiger partial charge in [0.1, 0.15) is 84.3 Å². The quantitative estimate of drug-likeness (QED) is 0.0317. The number of H-pyrrole nitrogens is 1. The van der Waals surface area contributed by atoms with Crippen LogP contribution in [0.3, 0.4) is 0 Å². The molecule has 1 aromatic heterocycles. The van der Waals surface area contributed by atoms with Crippen LogP contribution in [0.1, 0.15) is 113 Å². The number of nitrogens with zero attached hydrogens (tertiary/aromatic N) is 5. The van der Waals surface area contributed by atoms with Crippen molar-refractivity contribution >= 4 is 123 Å². The average Bonchev–Trinajstić information content (AvgIpc) is 1.64. The number of unbranched alkanes of at least 4 members (excludes halogenated alkanes) is 1. The molecule has 19 N–H and O–H groups in total. The van der Waals surface area contributed by atoms with Gasteiger partial charge in [0.15, 0.2) is 17.5 Å². The summed E-state index contributed by atoms with van der Waals surface area (Å²) in [5.74, 6) is -27.3. The largest absolute Gasteiger partial charge is 0.508 e. The molecule has 0 radical (unpaired) electrons. The molecule has 0 spiro atoms. The molecule has 0 bridgehead atoms. The number of aliphatic hydroxyl groups excluding tert-OH is 2. The number of aromatic amines is 1. The van der Waals surface area contributed by atoms with E-state index in [1.165, 1.54) is 58.4 Å². The number of carbonyl (C=O) groups excluding carboxylic acids is 15. The van der Waals surface area contributed by atoms with Crippen LogP contribution < -0.4 is 59.3 Å². The maximum absolute atomic E-state index is 15.7. The number of aromatic hydroxyl groups is 1. The highest BCUT2D eigenvalue weighted by molar-refractivity contribution is 8.00. The van der Waals surface area contributed by atoms with Gasteiger partial charge in [-0.15, -0.1) is 11.8 Å². The van der Waals surface area contributed by atoms with E-state index in [0.717, 1.165) is 31.5 Å². The first-order valence-electron chi connectivity index (χ1n) is 44.2. The molecule has 3 saturated heterocycles. The number of aliphatic hydroxyl groups is 2. The van der Waals surface area contributed by atoms with Crippen LogP contribution in [0.15, 0.2) is 128 Å². The molecular weight excluding hydrogens is 1780 g/mol. The fourth-order valence-electron chi connectivity index (χ4n) is 16.4. The SMILES string of the molecule is CCCC[C@H]1C(=O)N2C[C@H](O)C[C@@H]2C(=O)N[C@@H](CC(=O)O)C(=O)N[C@@H](C(C)C)C(=O)N(C)[C@@H](Cc2ccccc2)C(=O)N[C@@H](CCC(=O)O)C(=O)N2C[C@H](O)C[C@@H]2C(=O)N[C@@H](Cc2c[nH]c3ccccc23)C(=O)N[C@@H](Cc2ccc(O)cc2)C(=O)N[C@@H](CCCN)C(=O)N[C@H](C(=O)NCC(N)=O)CSCC(=O)N[C@@H](Cc2cc(F)c(F)c(F)c2)C(=O)N(C)[C@@H](Cc2ccccc2)C(=O)N1C. The Labute approximate surface area is 779 Å². The molecule has 5 aromatic carbocycles. The third-order valence-corrected chi connectivity index (χ3v) is 24.7. The minimum atomic E-state index is -2.08. The molecule has 4 heterocycles. The lowest BCUT2D eigenvalue weighted by molar-refractivity contribution is -0.152. The first-order chi connectivity index (χ1) is 64.1. The van der Waals surface area contributed by atoms with E-state index in [1.807, 2.05) is 0 Å². The van der Waals surface area contributed by atoms with Crippen molar-refractivity contribution in [3.05, 3.63) is 173 Å². The molecule has 15 amide bonds. The molecule has 15 atom stereocenters. The predicted molar refractivity (Wildman–Crippen MR) is 483 cm³/mol. The maximum Gasteiger partial charge on any atom is 0.305 e. The molecule has 3 aliphatic heterocycles. The maximum atomic E-state index is 15.7. The zero-order valence-electron chi connectivity index (χ0n) is 75.3. The van der Waals surface area contributed by atoms with Crippen LogP contribution in [-0.4, -0.2) is 305 Å². The van der Waals surface area contributed by atoms with E-state index in [4.69, 9.17) is 11.5 Å². The third-order valence-electron chi connectivity index (χ3n) is 23.7. The summed E-state index contributed by atoms with van der Waals surface area (Å²) in [4.78, 5) is 257. The Kier molecular flexibility index (Phi) is 38.5. The number of amides is 15. The minimum absolute atomic E-state index is 0.00873. The number of carboxylic acid groups (broad SMARTS) is 2. The predicted octanol–water partition coefficient (Wildman–Crippen LogP) is -0.640. The van der Waals surface area contributed by atoms with Crippen molar-refractivity contribution in [1.82, 2.24) is 77.3 Å². The summed E-state index contributed by atoms with van der Waals surface area (Å²) in [6.07, 6.45) is -7.34. The first-order valence-corrected chi connectivity index (χ1v) is 45.3. The zero-order valence-corrected chi connectivity index (χ0v) is 76.1. The van der Waals surface area contributed by atoms with E-state index >= 15 is 51.9 Å². The number of carboxylic acids is 2. The molecular formula is C92H116F3N17O22S. The zero-order chi connectivity index (χ0) is 98.8. The normalized spacial score (nSPS) is 24.5. The average molecular weight is 1900 g/mol. The molecule has 0 saturated carbocycles. The number of fused-ring (bicyclic) bond motifs is 3. The lowest BCUT2D eigenvalue weighted by Gasteiger charge is -2.38. The van der Waals surface area contributed by atoms with E-state index < -0.39 is 296 Å². The fraction of sp³-hybridized carbons (Fsp3) is 0.467. The van der Waals surface area contributed by atoms with E-state index in [9.17, 15) is 68.3 Å². The number of aromatic nitrogens is 1. The van der Waals surface area contributed by atoms with E-state index in [0.29, 0.717) is 63.5 Å². The molecule has 135 heavy (non-hydrogen) atoms. The standard InChI is InChI=1S/C92H116F3N17O22S/c1-7-8-25-69-91(133)112-46-57(115)41-72(112)87(129)105-66(42-77(120)121)84(126)107-79(49(2)3)92(134)109(5)70(37-50-18-11-9-12-19-50)85(127)102-63(30-31-76(118)119)89(131)111-45-56(114)40-71(111)86(128)104-65(39-54-43-98-61-23-16-15-22-58(54)61)83(125)103-64(35-52-26-28-55(113)29-27-52)82(124)101-62(24-17-32-96)81(123)106-68(80(122)99-44-74(97)116)47-135-48-75(117)100-67(36-53-33-59(93)78(95)60(94)34-53)88(130)110(6)73(90(132)108(69)4)38-51-20-13-10-14-21-51/h9-16,18-23,26-29,33-34,43,49,56-57,62-73,79,98,113-115H,7-8,17,24-25,30-32,35-42,44-48,96H2,1-6H3,(H2,97,116)(H,99,122)(H,100,117)(H,101,124)(H,102,127)(H,103,125)(H,104,128)(H,105,129)(H,106,123)(H,107,126)(H,118,119)(H,120,121)/t56-,57-,62+,63+,64+,65+,66+,67+,68+,69+,70+,71-,72-,73+,79+/m1/s1. The molecule has 6 aromatic rings. The number of benzene rings is 5. The monoisotopic (exact) mass is 1900 g/mol. The number of phenolic OH excluding ortho intramolecular Hbond substituents is 1. The summed E-state index contributed by atoms with van der Waals surface area (Å²) in [6.45, 7) is 2.58. The third kappa shape index (κ3) is 29.2. The highest BCUT2D eigenvalue weighted by Crippen LogP contribution is 2.29. The number of aliphatic carboxylic acids is 2. The number of rotatable bonds is 25. The van der Waals surface area contributed by atoms with Crippen molar-refractivity contribution in [2.45, 2.75) is 208 Å². The van der Waals surface area contributed by atoms with Crippen molar-refractivity contribution in [1.29, 1.82) is 0 Å². The van der Waals surface area contributed by atoms with Gasteiger partial charge < -0.3 is 114 Å². The number of primary amides is 1. The summed E-state index contributed by atoms with van der Waals surface area (Å²) >= 11 is 0.624. The van der Waals surface area contributed by atoms with Crippen molar-refractivity contribution in [2.75, 3.05) is 58.8 Å². The Hall–Kier alpha value is -13.6. The van der Waals surface area contributed by atoms with E-state index in [1.54, 1.807) is 91.9 Å². The number of phenols is 1. The highest BCUT2D eigenvalue weighted by atomic mass is 32.2. The first kappa shape index (κ1) is 105. The molecule has 0 aliphatic carbocycles. The molecule has 3 fully saturated rings. The van der Waals surface area contributed by atoms with Crippen LogP contribution >= 0.6 is 11.8 Å². The van der Waals surface area contributed by atoms with E-state index in [-0.39, 0.29) is 57.2 Å². The van der Waals surface area contributed by atoms with Crippen LogP contribution in [0.5, 0.6) is 5.75 Å².